The highest BCUT2D eigenvalue weighted by atomic mass is 15.1. The topological polar surface area (TPSA) is 4.44 Å². The van der Waals surface area contributed by atoms with Crippen LogP contribution in [0.25, 0.3) is 5.57 Å². The van der Waals surface area contributed by atoms with Crippen LogP contribution in [0.2, 0.25) is 0 Å². The van der Waals surface area contributed by atoms with Gasteiger partial charge in [0.15, 0.2) is 0 Å². The summed E-state index contributed by atoms with van der Waals surface area (Å²) in [4.78, 5) is 1.37. The lowest BCUT2D eigenvalue weighted by Gasteiger charge is -2.44. The summed E-state index contributed by atoms with van der Waals surface area (Å²) >= 11 is 0. The Kier molecular flexibility index (Phi) is 9.14. The molecule has 5 aromatic carbocycles. The van der Waals surface area contributed by atoms with E-state index in [0.717, 1.165) is 0 Å². The van der Waals surface area contributed by atoms with Crippen molar-refractivity contribution >= 4 is 39.3 Å². The number of nitrogens with one attached hydrogen (secondary N) is 1. The number of quaternary nitrogens is 1. The van der Waals surface area contributed by atoms with E-state index in [1.807, 2.05) is 6.07 Å². The van der Waals surface area contributed by atoms with Crippen molar-refractivity contribution < 1.29 is 4.90 Å². The SMILES string of the molecule is C/C=C(/C)c1ccc([B-](c2ccccc2)(c2ccccc2)c2ccccc2)cc1.C[NH+](C)c1ccccc1. The molecule has 0 saturated carbocycles. The summed E-state index contributed by atoms with van der Waals surface area (Å²) in [5.41, 5.74) is 9.24. The monoisotopic (exact) mass is 495 g/mol. The number of allylic oxidation sites excluding steroid dienone is 2. The van der Waals surface area contributed by atoms with Gasteiger partial charge in [0.05, 0.1) is 14.1 Å². The molecule has 0 bridgehead atoms. The summed E-state index contributed by atoms with van der Waals surface area (Å²) in [7, 11) is 4.24. The highest BCUT2D eigenvalue weighted by Gasteiger charge is 2.31. The van der Waals surface area contributed by atoms with Gasteiger partial charge in [-0.25, -0.2) is 0 Å². The van der Waals surface area contributed by atoms with E-state index in [9.17, 15) is 0 Å². The Morgan fingerprint density at radius 3 is 1.16 bits per heavy atom. The van der Waals surface area contributed by atoms with E-state index in [0.29, 0.717) is 0 Å². The van der Waals surface area contributed by atoms with Crippen molar-refractivity contribution in [3.8, 4) is 0 Å². The first kappa shape index (κ1) is 26.9. The highest BCUT2D eigenvalue weighted by molar-refractivity contribution is 7.19. The van der Waals surface area contributed by atoms with Gasteiger partial charge in [-0.2, -0.15) is 21.9 Å². The third-order valence-electron chi connectivity index (χ3n) is 7.55. The second-order valence-electron chi connectivity index (χ2n) is 10.1. The van der Waals surface area contributed by atoms with Crippen LogP contribution in [0.3, 0.4) is 0 Å². The summed E-state index contributed by atoms with van der Waals surface area (Å²) < 4.78 is 0. The van der Waals surface area contributed by atoms with Crippen LogP contribution in [0.4, 0.5) is 5.69 Å². The molecular weight excluding hydrogens is 457 g/mol. The van der Waals surface area contributed by atoms with Crippen LogP contribution in [0.15, 0.2) is 152 Å². The van der Waals surface area contributed by atoms with E-state index in [1.54, 1.807) is 0 Å². The highest BCUT2D eigenvalue weighted by Crippen LogP contribution is 2.15. The Morgan fingerprint density at radius 2 is 0.842 bits per heavy atom. The lowest BCUT2D eigenvalue weighted by molar-refractivity contribution is -0.786. The first-order valence-electron chi connectivity index (χ1n) is 13.5. The van der Waals surface area contributed by atoms with E-state index in [2.05, 4.69) is 174 Å². The number of hydrogen-bond donors (Lipinski definition) is 1. The maximum Gasteiger partial charge on any atom is 0.130 e. The van der Waals surface area contributed by atoms with Gasteiger partial charge in [0, 0.05) is 0 Å². The van der Waals surface area contributed by atoms with E-state index < -0.39 is 6.15 Å². The Morgan fingerprint density at radius 1 is 0.500 bits per heavy atom. The second kappa shape index (κ2) is 12.9. The molecule has 0 heterocycles. The lowest BCUT2D eigenvalue weighted by atomic mass is 9.13. The fourth-order valence-electron chi connectivity index (χ4n) is 5.35. The second-order valence-corrected chi connectivity index (χ2v) is 10.1. The zero-order valence-corrected chi connectivity index (χ0v) is 23.0. The van der Waals surface area contributed by atoms with Crippen molar-refractivity contribution in [3.05, 3.63) is 157 Å². The van der Waals surface area contributed by atoms with Gasteiger partial charge >= 0.3 is 0 Å². The number of rotatable bonds is 6. The minimum atomic E-state index is -1.28. The van der Waals surface area contributed by atoms with Crippen LogP contribution in [-0.4, -0.2) is 20.2 Å². The van der Waals surface area contributed by atoms with Crippen LogP contribution < -0.4 is 26.8 Å². The number of benzene rings is 5. The summed E-state index contributed by atoms with van der Waals surface area (Å²) in [6.07, 6.45) is 0.888. The van der Waals surface area contributed by atoms with Gasteiger partial charge in [-0.1, -0.05) is 140 Å². The maximum absolute atomic E-state index is 2.31. The molecule has 5 rings (SSSR count). The molecule has 0 radical (unpaired) electrons. The molecule has 0 aromatic heterocycles. The van der Waals surface area contributed by atoms with Crippen molar-refractivity contribution in [1.29, 1.82) is 0 Å². The van der Waals surface area contributed by atoms with Crippen molar-refractivity contribution in [2.24, 2.45) is 0 Å². The quantitative estimate of drug-likeness (QED) is 0.318. The molecule has 0 saturated heterocycles. The molecule has 0 amide bonds. The van der Waals surface area contributed by atoms with Gasteiger partial charge in [0.2, 0.25) is 0 Å². The van der Waals surface area contributed by atoms with Crippen LogP contribution in [0.5, 0.6) is 0 Å². The van der Waals surface area contributed by atoms with Gasteiger partial charge in [-0.3, -0.25) is 0 Å². The van der Waals surface area contributed by atoms with Crippen molar-refractivity contribution in [2.45, 2.75) is 13.8 Å². The summed E-state index contributed by atoms with van der Waals surface area (Å²) in [5.74, 6) is 0. The molecule has 0 aliphatic carbocycles. The predicted molar refractivity (Wildman–Crippen MR) is 168 cm³/mol. The van der Waals surface area contributed by atoms with Crippen molar-refractivity contribution in [3.63, 3.8) is 0 Å². The molecule has 0 fully saturated rings. The number of hydrogen-bond acceptors (Lipinski definition) is 0. The Bertz CT molecular complexity index is 1310. The first-order valence-corrected chi connectivity index (χ1v) is 13.5. The normalized spacial score (nSPS) is 11.6. The molecule has 1 nitrogen and oxygen atoms in total. The summed E-state index contributed by atoms with van der Waals surface area (Å²) in [5, 5.41) is 0. The maximum atomic E-state index is 2.31. The van der Waals surface area contributed by atoms with E-state index in [-0.39, 0.29) is 0 Å². The average Bonchev–Trinajstić information content (AvgIpc) is 3.00. The van der Waals surface area contributed by atoms with Gasteiger partial charge in [0.25, 0.3) is 0 Å². The van der Waals surface area contributed by atoms with Crippen LogP contribution >= 0.6 is 0 Å². The number of para-hydroxylation sites is 1. The van der Waals surface area contributed by atoms with Crippen molar-refractivity contribution in [2.75, 3.05) is 14.1 Å². The van der Waals surface area contributed by atoms with E-state index in [1.165, 1.54) is 43.6 Å². The first-order chi connectivity index (χ1) is 18.6. The molecule has 0 atom stereocenters. The lowest BCUT2D eigenvalue weighted by Crippen LogP contribution is -3.00. The minimum Gasteiger partial charge on any atom is -0.307 e. The van der Waals surface area contributed by atoms with Crippen molar-refractivity contribution in [1.82, 2.24) is 0 Å². The zero-order chi connectivity index (χ0) is 26.8. The van der Waals surface area contributed by atoms with E-state index in [4.69, 9.17) is 0 Å². The van der Waals surface area contributed by atoms with Crippen LogP contribution in [-0.2, 0) is 0 Å². The third kappa shape index (κ3) is 5.88. The van der Waals surface area contributed by atoms with E-state index >= 15 is 0 Å². The molecule has 0 aliphatic rings. The van der Waals surface area contributed by atoms with Gasteiger partial charge in [-0.15, -0.1) is 0 Å². The van der Waals surface area contributed by atoms with Gasteiger partial charge < -0.3 is 4.90 Å². The largest absolute Gasteiger partial charge is 0.307 e. The fourth-order valence-corrected chi connectivity index (χ4v) is 5.35. The summed E-state index contributed by atoms with van der Waals surface area (Å²) in [6.45, 7) is 4.26. The molecule has 38 heavy (non-hydrogen) atoms. The Hall–Kier alpha value is -4.14. The Labute approximate surface area is 229 Å². The standard InChI is InChI=1S/C28H26B.C8H11N/c1-3-23(2)24-19-21-28(22-20-24)29(25-13-7-4-8-14-25,26-15-9-5-10-16-26)27-17-11-6-12-18-27;1-9(2)8-6-4-3-5-7-8/h3-22H,1-2H3;3-7H,1-2H3/q-1;/p+1/b23-3-;. The minimum absolute atomic E-state index is 1.27. The molecule has 2 heteroatoms. The molecule has 0 aliphatic heterocycles. The van der Waals surface area contributed by atoms with Gasteiger partial charge in [0.1, 0.15) is 11.8 Å². The molecule has 5 aromatic rings. The van der Waals surface area contributed by atoms with Gasteiger partial charge in [-0.05, 0) is 37.1 Å². The predicted octanol–water partition coefficient (Wildman–Crippen LogP) is 4.95. The zero-order valence-electron chi connectivity index (χ0n) is 23.0. The molecule has 0 spiro atoms. The average molecular weight is 496 g/mol. The fraction of sp³-hybridized carbons (Fsp3) is 0.111. The third-order valence-corrected chi connectivity index (χ3v) is 7.55. The molecule has 0 unspecified atom stereocenters. The molecule has 1 N–H and O–H groups in total. The molecular formula is C36H38BN. The smallest absolute Gasteiger partial charge is 0.130 e. The van der Waals surface area contributed by atoms with Crippen LogP contribution in [0.1, 0.15) is 19.4 Å². The summed E-state index contributed by atoms with van der Waals surface area (Å²) in [6, 6.07) is 52.3. The van der Waals surface area contributed by atoms with Crippen LogP contribution in [0, 0.1) is 0 Å². The molecule has 190 valence electrons. The Balaban J connectivity index is 0.000000317.